The molecule has 5 nitrogen and oxygen atoms in total. The van der Waals surface area contributed by atoms with Crippen LogP contribution in [-0.4, -0.2) is 21.4 Å². The maximum Gasteiger partial charge on any atom is 0.417 e. The molecule has 50 heavy (non-hydrogen) atoms. The van der Waals surface area contributed by atoms with E-state index in [4.69, 9.17) is 0 Å². The van der Waals surface area contributed by atoms with E-state index in [9.17, 15) is 43.2 Å². The number of alkyl halides is 6. The second-order valence-corrected chi connectivity index (χ2v) is 16.9. The van der Waals surface area contributed by atoms with Crippen LogP contribution in [0.25, 0.3) is 16.6 Å². The minimum Gasteiger partial charge on any atom is -0.317 e. The molecule has 262 valence electrons. The van der Waals surface area contributed by atoms with Crippen molar-refractivity contribution in [1.29, 1.82) is 0 Å². The van der Waals surface area contributed by atoms with Gasteiger partial charge in [-0.05, 0) is 109 Å². The summed E-state index contributed by atoms with van der Waals surface area (Å²) in [6.07, 6.45) is -3.17. The maximum atomic E-state index is 14.1. The Morgan fingerprint density at radius 3 is 1.72 bits per heavy atom. The van der Waals surface area contributed by atoms with Crippen LogP contribution in [0.15, 0.2) is 117 Å². The predicted octanol–water partition coefficient (Wildman–Crippen LogP) is 10.0. The van der Waals surface area contributed by atoms with Gasteiger partial charge in [-0.2, -0.15) is 26.3 Å². The van der Waals surface area contributed by atoms with Crippen molar-refractivity contribution in [3.05, 3.63) is 114 Å². The smallest absolute Gasteiger partial charge is 0.317 e. The summed E-state index contributed by atoms with van der Waals surface area (Å²) >= 11 is 0. The third-order valence-electron chi connectivity index (χ3n) is 10.3. The lowest BCUT2D eigenvalue weighted by molar-refractivity contribution is -0.162. The molecule has 7 rings (SSSR count). The summed E-state index contributed by atoms with van der Waals surface area (Å²) in [6, 6.07) is 19.2. The standard InChI is InChI=1S/C37H31F6NO4S2/c38-36(39,40)31-21-34(49(45,46)27-14-9-24(10-15-27)30-18-11-23-5-1-3-7-29(23)30)35(22-32(31)37(41,42)43)50(47,48)28-16-12-26(13-17-28)44-20-19-25-6-2-4-8-33(25)44/h2,4,6,8-10,12-17,19-23,29-30H,1,3,5,7,11,18H2. The first-order valence-electron chi connectivity index (χ1n) is 16.2. The molecule has 0 radical (unpaired) electrons. The van der Waals surface area contributed by atoms with Gasteiger partial charge in [0, 0.05) is 11.9 Å². The lowest BCUT2D eigenvalue weighted by Gasteiger charge is -2.29. The summed E-state index contributed by atoms with van der Waals surface area (Å²) in [4.78, 5) is -3.92. The van der Waals surface area contributed by atoms with E-state index < -0.39 is 62.7 Å². The first kappa shape index (κ1) is 34.4. The molecule has 2 aliphatic carbocycles. The quantitative estimate of drug-likeness (QED) is 0.163. The van der Waals surface area contributed by atoms with Crippen LogP contribution in [-0.2, 0) is 32.0 Å². The Morgan fingerprint density at radius 2 is 1.14 bits per heavy atom. The van der Waals surface area contributed by atoms with Crippen molar-refractivity contribution in [2.24, 2.45) is 11.8 Å². The fourth-order valence-corrected chi connectivity index (χ4v) is 11.2. The van der Waals surface area contributed by atoms with E-state index in [2.05, 4.69) is 0 Å². The van der Waals surface area contributed by atoms with Crippen molar-refractivity contribution in [3.8, 4) is 5.69 Å². The molecule has 0 saturated heterocycles. The van der Waals surface area contributed by atoms with E-state index in [1.54, 1.807) is 29.0 Å². The SMILES string of the molecule is O=S(=O)(c1ccc(C2CCC3CCCCC32)cc1)c1cc(C(F)(F)F)c(C(F)(F)F)cc1S(=O)(=O)c1ccc(-n2ccc3ccccc32)cc1. The van der Waals surface area contributed by atoms with Crippen LogP contribution in [0, 0.1) is 11.8 Å². The molecule has 2 aliphatic rings. The minimum absolute atomic E-state index is 0.184. The Balaban J connectivity index is 1.33. The van der Waals surface area contributed by atoms with Crippen molar-refractivity contribution < 1.29 is 43.2 Å². The molecule has 0 amide bonds. The van der Waals surface area contributed by atoms with Crippen LogP contribution in [0.3, 0.4) is 0 Å². The van der Waals surface area contributed by atoms with Crippen molar-refractivity contribution in [2.45, 2.75) is 76.4 Å². The summed E-state index contributed by atoms with van der Waals surface area (Å²) in [6.45, 7) is 0. The van der Waals surface area contributed by atoms with E-state index in [0.717, 1.165) is 67.1 Å². The second kappa shape index (κ2) is 12.3. The van der Waals surface area contributed by atoms with Crippen molar-refractivity contribution in [3.63, 3.8) is 0 Å². The van der Waals surface area contributed by atoms with Crippen LogP contribution in [0.2, 0.25) is 0 Å². The average molecular weight is 732 g/mol. The fraction of sp³-hybridized carbons (Fsp3) is 0.297. The van der Waals surface area contributed by atoms with Crippen LogP contribution in [0.4, 0.5) is 26.3 Å². The zero-order valence-corrected chi connectivity index (χ0v) is 28.0. The Kier molecular flexibility index (Phi) is 8.45. The zero-order valence-electron chi connectivity index (χ0n) is 26.4. The second-order valence-electron chi connectivity index (χ2n) is 13.0. The first-order chi connectivity index (χ1) is 23.6. The van der Waals surface area contributed by atoms with Gasteiger partial charge in [0.1, 0.15) is 0 Å². The molecule has 5 aromatic rings. The van der Waals surface area contributed by atoms with Crippen LogP contribution >= 0.6 is 0 Å². The highest BCUT2D eigenvalue weighted by molar-refractivity contribution is 7.94. The number of aromatic nitrogens is 1. The van der Waals surface area contributed by atoms with Crippen molar-refractivity contribution in [2.75, 3.05) is 0 Å². The summed E-state index contributed by atoms with van der Waals surface area (Å²) in [7, 11) is -10.2. The molecule has 1 aromatic heterocycles. The third kappa shape index (κ3) is 6.01. The van der Waals surface area contributed by atoms with Gasteiger partial charge in [-0.25, -0.2) is 16.8 Å². The molecule has 0 spiro atoms. The molecular formula is C37H31F6NO4S2. The maximum absolute atomic E-state index is 14.1. The van der Waals surface area contributed by atoms with Gasteiger partial charge in [0.25, 0.3) is 0 Å². The Bertz CT molecular complexity index is 2290. The number of hydrogen-bond acceptors (Lipinski definition) is 4. The first-order valence-corrected chi connectivity index (χ1v) is 19.1. The Labute approximate surface area is 285 Å². The van der Waals surface area contributed by atoms with Crippen molar-refractivity contribution in [1.82, 2.24) is 4.57 Å². The highest BCUT2D eigenvalue weighted by Gasteiger charge is 2.46. The van der Waals surface area contributed by atoms with Crippen molar-refractivity contribution >= 4 is 30.6 Å². The number of sulfone groups is 2. The molecule has 13 heteroatoms. The summed E-state index contributed by atoms with van der Waals surface area (Å²) < 4.78 is 143. The van der Waals surface area contributed by atoms with Crippen LogP contribution in [0.1, 0.15) is 61.1 Å². The Morgan fingerprint density at radius 1 is 0.600 bits per heavy atom. The molecule has 2 saturated carbocycles. The number of nitrogens with zero attached hydrogens (tertiary/aromatic N) is 1. The molecule has 3 atom stereocenters. The zero-order chi connectivity index (χ0) is 35.6. The largest absolute Gasteiger partial charge is 0.417 e. The molecule has 2 fully saturated rings. The molecule has 1 heterocycles. The third-order valence-corrected chi connectivity index (χ3v) is 14.0. The molecule has 0 bridgehead atoms. The van der Waals surface area contributed by atoms with E-state index in [0.29, 0.717) is 17.5 Å². The average Bonchev–Trinajstić information content (AvgIpc) is 3.72. The van der Waals surface area contributed by atoms with Gasteiger partial charge in [-0.3, -0.25) is 0 Å². The number of halogens is 6. The number of rotatable bonds is 6. The molecule has 4 aromatic carbocycles. The fourth-order valence-electron chi connectivity index (χ4n) is 7.84. The van der Waals surface area contributed by atoms with Gasteiger partial charge in [-0.15, -0.1) is 0 Å². The lowest BCUT2D eigenvalue weighted by atomic mass is 9.76. The van der Waals surface area contributed by atoms with E-state index in [1.807, 2.05) is 24.3 Å². The number of benzene rings is 4. The van der Waals surface area contributed by atoms with Gasteiger partial charge in [-0.1, -0.05) is 49.6 Å². The minimum atomic E-state index is -5.66. The van der Waals surface area contributed by atoms with E-state index >= 15 is 0 Å². The number of hydrogen-bond donors (Lipinski definition) is 0. The summed E-state index contributed by atoms with van der Waals surface area (Å²) in [5.41, 5.74) is -2.47. The Hall–Kier alpha value is -4.10. The van der Waals surface area contributed by atoms with Gasteiger partial charge < -0.3 is 4.57 Å². The number of fused-ring (bicyclic) bond motifs is 2. The van der Waals surface area contributed by atoms with Gasteiger partial charge in [0.05, 0.1) is 36.2 Å². The topological polar surface area (TPSA) is 73.2 Å². The summed E-state index contributed by atoms with van der Waals surface area (Å²) in [5, 5.41) is 0.887. The van der Waals surface area contributed by atoms with Gasteiger partial charge in [0.15, 0.2) is 0 Å². The van der Waals surface area contributed by atoms with Gasteiger partial charge in [0.2, 0.25) is 19.7 Å². The molecule has 3 unspecified atom stereocenters. The van der Waals surface area contributed by atoms with E-state index in [-0.39, 0.29) is 18.1 Å². The molecular weight excluding hydrogens is 701 g/mol. The molecule has 0 aliphatic heterocycles. The normalized spacial score (nSPS) is 20.2. The summed E-state index contributed by atoms with van der Waals surface area (Å²) in [5.74, 6) is 1.20. The lowest BCUT2D eigenvalue weighted by Crippen LogP contribution is -2.21. The van der Waals surface area contributed by atoms with Gasteiger partial charge >= 0.3 is 12.4 Å². The monoisotopic (exact) mass is 731 g/mol. The van der Waals surface area contributed by atoms with E-state index in [1.165, 1.54) is 24.3 Å². The van der Waals surface area contributed by atoms with Crippen LogP contribution in [0.5, 0.6) is 0 Å². The highest BCUT2D eigenvalue weighted by Crippen LogP contribution is 2.51. The number of para-hydroxylation sites is 1. The predicted molar refractivity (Wildman–Crippen MR) is 174 cm³/mol. The van der Waals surface area contributed by atoms with Crippen LogP contribution < -0.4 is 0 Å². The highest BCUT2D eigenvalue weighted by atomic mass is 32.2. The molecule has 0 N–H and O–H groups in total.